The summed E-state index contributed by atoms with van der Waals surface area (Å²) in [6.07, 6.45) is -2.46. The van der Waals surface area contributed by atoms with Crippen molar-refractivity contribution in [2.75, 3.05) is 58.4 Å². The molecule has 3 fully saturated rings. The van der Waals surface area contributed by atoms with Gasteiger partial charge in [0, 0.05) is 56.2 Å². The Hall–Kier alpha value is -3.20. The maximum absolute atomic E-state index is 13.7. The number of rotatable bonds is 9. The number of hydrogen-bond acceptors (Lipinski definition) is 8. The largest absolute Gasteiger partial charge is 0.395 e. The van der Waals surface area contributed by atoms with E-state index in [0.29, 0.717) is 17.8 Å². The highest BCUT2D eigenvalue weighted by Crippen LogP contribution is 2.61. The molecule has 0 spiro atoms. The number of aryl methyl sites for hydroxylation is 1. The Bertz CT molecular complexity index is 1420. The number of nitrogens with zero attached hydrogens (tertiary/aromatic N) is 4. The molecule has 5 rings (SSSR count). The topological polar surface area (TPSA) is 128 Å². The molecule has 41 heavy (non-hydrogen) atoms. The van der Waals surface area contributed by atoms with Crippen molar-refractivity contribution < 1.29 is 35.9 Å². The third-order valence-corrected chi connectivity index (χ3v) is 9.35. The number of piperidine rings is 2. The Morgan fingerprint density at radius 3 is 2.49 bits per heavy atom. The van der Waals surface area contributed by atoms with Crippen LogP contribution in [-0.2, 0) is 10.0 Å². The Morgan fingerprint density at radius 1 is 1.12 bits per heavy atom. The van der Waals surface area contributed by atoms with Gasteiger partial charge in [-0.15, -0.1) is 0 Å². The average molecular weight is 601 g/mol. The summed E-state index contributed by atoms with van der Waals surface area (Å²) in [6, 6.07) is 5.86. The van der Waals surface area contributed by atoms with E-state index in [9.17, 15) is 30.8 Å². The second kappa shape index (κ2) is 10.9. The molecule has 1 amide bonds. The van der Waals surface area contributed by atoms with Gasteiger partial charge >= 0.3 is 0 Å². The number of aromatic nitrogens is 2. The highest BCUT2D eigenvalue weighted by atomic mass is 32.2. The minimum absolute atomic E-state index is 0.0673. The van der Waals surface area contributed by atoms with Gasteiger partial charge < -0.3 is 20.2 Å². The molecule has 2 saturated heterocycles. The summed E-state index contributed by atoms with van der Waals surface area (Å²) in [5.41, 5.74) is 0.214. The van der Waals surface area contributed by atoms with Gasteiger partial charge in [-0.05, 0) is 43.9 Å². The molecule has 0 bridgehead atoms. The van der Waals surface area contributed by atoms with E-state index in [1.807, 2.05) is 4.90 Å². The van der Waals surface area contributed by atoms with Crippen LogP contribution in [0, 0.1) is 18.3 Å². The van der Waals surface area contributed by atoms with E-state index in [1.54, 1.807) is 17.9 Å². The van der Waals surface area contributed by atoms with Crippen LogP contribution in [0.3, 0.4) is 0 Å². The zero-order valence-corrected chi connectivity index (χ0v) is 23.2. The Kier molecular flexibility index (Phi) is 7.78. The van der Waals surface area contributed by atoms with Crippen molar-refractivity contribution in [2.24, 2.45) is 11.3 Å². The average Bonchev–Trinajstić information content (AvgIpc) is 3.63. The molecule has 3 aliphatic rings. The van der Waals surface area contributed by atoms with Crippen molar-refractivity contribution >= 4 is 39.1 Å². The standard InChI is InChI=1S/C26H32F4N6O4S/c1-16-12-21(33-24(31-16)35-8-5-26(29,30)6-9-35)32-22(38)19-3-2-18(34-41(39,40)11-10-37)13-20(19)36-7-4-25(23(27)28)14-17(25)15-36/h2-3,12-13,17,23,34,37H,4-11,14-15H2,1H3,(H,31,32,33,38)/t17-,25+/m0/s1. The number of anilines is 4. The molecule has 3 heterocycles. The predicted molar refractivity (Wildman–Crippen MR) is 145 cm³/mol. The molecule has 0 unspecified atom stereocenters. The molecule has 2 aromatic rings. The van der Waals surface area contributed by atoms with E-state index in [0.717, 1.165) is 0 Å². The van der Waals surface area contributed by atoms with E-state index < -0.39 is 46.1 Å². The predicted octanol–water partition coefficient (Wildman–Crippen LogP) is 3.49. The van der Waals surface area contributed by atoms with Crippen LogP contribution < -0.4 is 19.8 Å². The number of halogens is 4. The number of hydrogen-bond donors (Lipinski definition) is 3. The molecule has 1 aromatic heterocycles. The minimum atomic E-state index is -3.85. The van der Waals surface area contributed by atoms with Gasteiger partial charge in [-0.25, -0.2) is 31.0 Å². The molecule has 1 aliphatic carbocycles. The summed E-state index contributed by atoms with van der Waals surface area (Å²) in [4.78, 5) is 25.7. The molecule has 3 N–H and O–H groups in total. The van der Waals surface area contributed by atoms with Gasteiger partial charge in [0.05, 0.1) is 29.3 Å². The normalized spacial score (nSPS) is 23.7. The minimum Gasteiger partial charge on any atom is -0.395 e. The fraction of sp³-hybridized carbons (Fsp3) is 0.577. The summed E-state index contributed by atoms with van der Waals surface area (Å²) >= 11 is 0. The number of benzene rings is 1. The molecule has 1 saturated carbocycles. The number of nitrogens with one attached hydrogen (secondary N) is 2. The Morgan fingerprint density at radius 2 is 1.83 bits per heavy atom. The number of alkyl halides is 4. The van der Waals surface area contributed by atoms with Crippen LogP contribution in [0.15, 0.2) is 24.3 Å². The number of amides is 1. The zero-order chi connectivity index (χ0) is 29.6. The lowest BCUT2D eigenvalue weighted by Gasteiger charge is -2.34. The van der Waals surface area contributed by atoms with Crippen molar-refractivity contribution in [1.29, 1.82) is 0 Å². The van der Waals surface area contributed by atoms with E-state index in [1.165, 1.54) is 18.2 Å². The lowest BCUT2D eigenvalue weighted by molar-refractivity contribution is -0.0222. The molecule has 2 atom stereocenters. The van der Waals surface area contributed by atoms with Crippen LogP contribution in [0.2, 0.25) is 0 Å². The van der Waals surface area contributed by atoms with Gasteiger partial charge in [0.2, 0.25) is 22.4 Å². The van der Waals surface area contributed by atoms with Crippen LogP contribution in [0.5, 0.6) is 0 Å². The maximum Gasteiger partial charge on any atom is 0.258 e. The summed E-state index contributed by atoms with van der Waals surface area (Å²) < 4.78 is 81.4. The molecular formula is C26H32F4N6O4S. The maximum atomic E-state index is 13.7. The van der Waals surface area contributed by atoms with Crippen LogP contribution in [0.4, 0.5) is 40.7 Å². The zero-order valence-electron chi connectivity index (χ0n) is 22.4. The first-order chi connectivity index (χ1) is 19.3. The fourth-order valence-electron chi connectivity index (χ4n) is 5.62. The third kappa shape index (κ3) is 6.35. The van der Waals surface area contributed by atoms with Crippen molar-refractivity contribution in [3.8, 4) is 0 Å². The molecular weight excluding hydrogens is 568 g/mol. The Balaban J connectivity index is 1.40. The van der Waals surface area contributed by atoms with E-state index >= 15 is 0 Å². The van der Waals surface area contributed by atoms with Gasteiger partial charge in [-0.1, -0.05) is 0 Å². The lowest BCUT2D eigenvalue weighted by Crippen LogP contribution is -2.40. The SMILES string of the molecule is Cc1cc(NC(=O)c2ccc(NS(=O)(=O)CCO)cc2N2CC[C@@]3(C(F)F)C[C@H]3C2)nc(N2CCC(F)(F)CC2)n1. The number of fused-ring (bicyclic) bond motifs is 1. The summed E-state index contributed by atoms with van der Waals surface area (Å²) in [5.74, 6) is -3.69. The molecule has 0 radical (unpaired) electrons. The van der Waals surface area contributed by atoms with Gasteiger partial charge in [0.1, 0.15) is 5.82 Å². The van der Waals surface area contributed by atoms with E-state index in [2.05, 4.69) is 20.0 Å². The molecule has 15 heteroatoms. The highest BCUT2D eigenvalue weighted by Gasteiger charge is 2.62. The van der Waals surface area contributed by atoms with Crippen LogP contribution in [-0.4, -0.2) is 80.3 Å². The quantitative estimate of drug-likeness (QED) is 0.374. The highest BCUT2D eigenvalue weighted by molar-refractivity contribution is 7.92. The van der Waals surface area contributed by atoms with Crippen LogP contribution in [0.25, 0.3) is 0 Å². The molecule has 2 aliphatic heterocycles. The van der Waals surface area contributed by atoms with E-state index in [-0.39, 0.29) is 74.4 Å². The number of carbonyl (C=O) groups excluding carboxylic acids is 1. The second-order valence-electron chi connectivity index (χ2n) is 11.0. The van der Waals surface area contributed by atoms with Gasteiger partial charge in [-0.2, -0.15) is 4.98 Å². The van der Waals surface area contributed by atoms with Crippen LogP contribution >= 0.6 is 0 Å². The fourth-order valence-corrected chi connectivity index (χ4v) is 6.45. The second-order valence-corrected chi connectivity index (χ2v) is 12.8. The summed E-state index contributed by atoms with van der Waals surface area (Å²) in [7, 11) is -3.85. The smallest absolute Gasteiger partial charge is 0.258 e. The molecule has 224 valence electrons. The first kappa shape index (κ1) is 29.3. The van der Waals surface area contributed by atoms with Gasteiger partial charge in [0.25, 0.3) is 11.8 Å². The third-order valence-electron chi connectivity index (χ3n) is 8.08. The number of carbonyl (C=O) groups is 1. The van der Waals surface area contributed by atoms with Crippen molar-refractivity contribution in [1.82, 2.24) is 9.97 Å². The number of sulfonamides is 1. The Labute approximate surface area is 235 Å². The first-order valence-electron chi connectivity index (χ1n) is 13.4. The van der Waals surface area contributed by atoms with Gasteiger partial charge in [-0.3, -0.25) is 9.52 Å². The van der Waals surface area contributed by atoms with Crippen molar-refractivity contribution in [2.45, 2.75) is 45.0 Å². The molecule has 10 nitrogen and oxygen atoms in total. The lowest BCUT2D eigenvalue weighted by atomic mass is 9.95. The molecule has 1 aromatic carbocycles. The number of aliphatic hydroxyl groups excluding tert-OH is 1. The summed E-state index contributed by atoms with van der Waals surface area (Å²) in [5, 5.41) is 11.8. The van der Waals surface area contributed by atoms with Gasteiger partial charge in [0.15, 0.2) is 0 Å². The first-order valence-corrected chi connectivity index (χ1v) is 15.0. The summed E-state index contributed by atoms with van der Waals surface area (Å²) in [6.45, 7) is 1.79. The van der Waals surface area contributed by atoms with Crippen molar-refractivity contribution in [3.05, 3.63) is 35.5 Å². The monoisotopic (exact) mass is 600 g/mol. The van der Waals surface area contributed by atoms with E-state index in [4.69, 9.17) is 5.11 Å². The number of aliphatic hydroxyl groups is 1. The van der Waals surface area contributed by atoms with Crippen LogP contribution in [0.1, 0.15) is 41.7 Å². The van der Waals surface area contributed by atoms with Crippen molar-refractivity contribution in [3.63, 3.8) is 0 Å².